The molecule has 7 fully saturated rings. The number of nitrogens with two attached hydrogens (primary N) is 2. The molecule has 12 N–H and O–H groups in total. The lowest BCUT2D eigenvalue weighted by atomic mass is 10.0. The molecular weight excluding hydrogens is 1610 g/mol. The summed E-state index contributed by atoms with van der Waals surface area (Å²) < 4.78 is 51.3. The summed E-state index contributed by atoms with van der Waals surface area (Å²) in [7, 11) is 7.02. The fourth-order valence-corrected chi connectivity index (χ4v) is 20.6. The van der Waals surface area contributed by atoms with Gasteiger partial charge in [0, 0.05) is 79.0 Å². The number of anilines is 2. The third kappa shape index (κ3) is 18.2. The maximum atomic E-state index is 13.4. The van der Waals surface area contributed by atoms with Crippen LogP contribution in [-0.2, 0) is 41.0 Å². The molecule has 6 saturated carbocycles. The molecular formula is C95H117F3N24O5. The molecule has 668 valence electrons. The Morgan fingerprint density at radius 2 is 0.835 bits per heavy atom. The number of ether oxygens (including phenoxy) is 1. The Labute approximate surface area is 735 Å². The second kappa shape index (κ2) is 38.1. The van der Waals surface area contributed by atoms with E-state index >= 15 is 0 Å². The van der Waals surface area contributed by atoms with E-state index in [4.69, 9.17) is 47.0 Å². The zero-order valence-electron chi connectivity index (χ0n) is 72.8. The van der Waals surface area contributed by atoms with Gasteiger partial charge in [-0.2, -0.15) is 13.2 Å². The number of guanidine groups is 2. The van der Waals surface area contributed by atoms with E-state index in [0.29, 0.717) is 93.1 Å². The van der Waals surface area contributed by atoms with Crippen LogP contribution in [0.25, 0.3) is 11.6 Å². The number of para-hydroxylation sites is 4. The SMILES string of the molecule is CN1C(=O)C(C(N)=Nc2ccccc2)=C(NCC2CCCC2)N2C1=N[C@@H]1CCC[C@@H]12.CN1C(=O)C(C(N)=Nc2ccccc2)=C(NCCc2ccc(C(F)(F)F)cc2)N2C1=N[C@@H]1CCC[C@@H]12.Cn1c(=O)/c(=C(/NCC2CCOCC2)Nc2ccccc2)c(=N)n2c1=N[C@@H]1CCC[C@@H]12.Cn1c(=O)c(=C(NCC2CCCC2)Nc2ccccc2)c(=N)n2c1=N[C@@H]1CCC[C@@H]12. The number of alkyl halides is 3. The Kier molecular flexibility index (Phi) is 26.0. The molecule has 0 spiro atoms. The lowest BCUT2D eigenvalue weighted by molar-refractivity contribution is -0.137. The number of fused-ring (bicyclic) bond motifs is 12. The summed E-state index contributed by atoms with van der Waals surface area (Å²) in [4.78, 5) is 89.4. The molecule has 9 heterocycles. The Morgan fingerprint density at radius 1 is 0.457 bits per heavy atom. The van der Waals surface area contributed by atoms with Crippen LogP contribution in [-0.4, -0.2) is 163 Å². The second-order valence-corrected chi connectivity index (χ2v) is 35.6. The van der Waals surface area contributed by atoms with Gasteiger partial charge in [0.25, 0.3) is 22.9 Å². The zero-order valence-corrected chi connectivity index (χ0v) is 72.8. The van der Waals surface area contributed by atoms with Crippen LogP contribution >= 0.6 is 0 Å². The number of rotatable bonds is 21. The van der Waals surface area contributed by atoms with Gasteiger partial charge in [0.1, 0.15) is 67.5 Å². The number of carbonyl (C=O) groups excluding carboxylic acids is 2. The molecule has 7 aromatic rings. The van der Waals surface area contributed by atoms with E-state index < -0.39 is 11.7 Å². The maximum absolute atomic E-state index is 13.4. The van der Waals surface area contributed by atoms with Crippen LogP contribution in [0, 0.1) is 28.6 Å². The maximum Gasteiger partial charge on any atom is 0.416 e. The summed E-state index contributed by atoms with van der Waals surface area (Å²) in [5.74, 6) is 5.56. The second-order valence-electron chi connectivity index (χ2n) is 35.6. The number of amidine groups is 2. The highest BCUT2D eigenvalue weighted by Gasteiger charge is 2.51. The summed E-state index contributed by atoms with van der Waals surface area (Å²) >= 11 is 0. The number of benzene rings is 5. The smallest absolute Gasteiger partial charge is 0.383 e. The quantitative estimate of drug-likeness (QED) is 0.0238. The van der Waals surface area contributed by atoms with Crippen molar-refractivity contribution in [2.45, 2.75) is 202 Å². The van der Waals surface area contributed by atoms with Gasteiger partial charge in [0.15, 0.2) is 0 Å². The largest absolute Gasteiger partial charge is 0.416 e. The average molecular weight is 1730 g/mol. The normalized spacial score (nSPS) is 24.0. The molecule has 0 bridgehead atoms. The number of amides is 2. The van der Waals surface area contributed by atoms with Gasteiger partial charge in [-0.25, -0.2) is 30.0 Å². The molecule has 8 atom stereocenters. The number of hydrogen-bond donors (Lipinski definition) is 10. The molecule has 2 aromatic heterocycles. The first-order valence-electron chi connectivity index (χ1n) is 45.5. The number of nitrogens with zero attached hydrogens (tertiary/aromatic N) is 14. The van der Waals surface area contributed by atoms with Gasteiger partial charge in [0.2, 0.25) is 23.2 Å². The summed E-state index contributed by atoms with van der Waals surface area (Å²) in [5, 5.41) is 39.6. The molecule has 0 unspecified atom stereocenters. The van der Waals surface area contributed by atoms with Crippen molar-refractivity contribution in [1.82, 2.24) is 59.1 Å². The van der Waals surface area contributed by atoms with Crippen molar-refractivity contribution < 1.29 is 27.5 Å². The summed E-state index contributed by atoms with van der Waals surface area (Å²) in [6, 6.07) is 45.0. The van der Waals surface area contributed by atoms with Crippen LogP contribution in [0.2, 0.25) is 0 Å². The molecule has 5 aromatic carbocycles. The van der Waals surface area contributed by atoms with E-state index in [1.807, 2.05) is 118 Å². The van der Waals surface area contributed by atoms with Crippen LogP contribution in [0.3, 0.4) is 0 Å². The Bertz CT molecular complexity index is 5970. The van der Waals surface area contributed by atoms with Crippen LogP contribution < -0.4 is 87.1 Å². The van der Waals surface area contributed by atoms with Gasteiger partial charge < -0.3 is 48.1 Å². The van der Waals surface area contributed by atoms with Crippen molar-refractivity contribution in [2.24, 2.45) is 73.3 Å². The van der Waals surface area contributed by atoms with Crippen LogP contribution in [0.1, 0.15) is 164 Å². The molecule has 1 saturated heterocycles. The van der Waals surface area contributed by atoms with Gasteiger partial charge in [-0.15, -0.1) is 0 Å². The number of nitrogens with one attached hydrogen (secondary N) is 8. The predicted octanol–water partition coefficient (Wildman–Crippen LogP) is 8.47. The Hall–Kier alpha value is -12.4. The van der Waals surface area contributed by atoms with Gasteiger partial charge >= 0.3 is 6.18 Å². The molecule has 7 aliphatic heterocycles. The lowest BCUT2D eigenvalue weighted by Gasteiger charge is -2.39. The van der Waals surface area contributed by atoms with E-state index in [1.165, 1.54) is 74.8 Å². The standard InChI is InChI=1S/C26H27F3N6O.C23H30N6O2.2C23H30N6O/c1-34-24(36)21(22(30)32-18-6-3-2-4-7-18)23(35-20-9-5-8-19(20)33-25(34)35)31-15-14-16-10-12-17(13-11-16)26(27,28)29;1-28-22(30)19(20(24)29-18-9-5-8-17(18)27-23(28)29)21(26-16-6-3-2-4-7-16)25-14-15-10-12-31-13-11-15;1-28-22(30)19(20(24)29-18-13-7-12-17(18)27-23(28)29)21(25-14-15-8-5-6-9-15)26-16-10-3-2-4-11-16;1-28-22(30)19(20(24)26-16-10-3-2-4-11-16)21(25-14-15-8-5-6-9-15)29-18-13-7-12-17(18)27-23(28)29/h2-4,6-7,10-13,19-20,31H,5,8-9,14-15H2,1H3,(H2,30,32);2-4,6-7,15,17-18,24-26H,5,8-14H2,1H3;2-4,10-11,15,17-18,24-26H,5-9,12-14H2,1H3;2-4,10-11,15,17-18,25H,5-9,12-14H2,1H3,(H2,24,26)/b;21-19-,24-20?;;/t19-,20+;3*17-,18+/m1111/s1. The third-order valence-corrected chi connectivity index (χ3v) is 27.4. The van der Waals surface area contributed by atoms with E-state index in [1.54, 1.807) is 54.4 Å². The lowest BCUT2D eigenvalue weighted by Crippen LogP contribution is -2.59. The van der Waals surface area contributed by atoms with Crippen LogP contribution in [0.15, 0.2) is 208 Å². The topological polar surface area (TPSA) is 356 Å². The molecule has 2 amide bonds. The minimum atomic E-state index is -4.37. The van der Waals surface area contributed by atoms with Crippen LogP contribution in [0.4, 0.5) is 35.9 Å². The molecule has 32 heteroatoms. The highest BCUT2D eigenvalue weighted by molar-refractivity contribution is 6.27. The van der Waals surface area contributed by atoms with E-state index in [-0.39, 0.29) is 93.4 Å². The van der Waals surface area contributed by atoms with E-state index in [9.17, 15) is 32.3 Å². The molecule has 20 rings (SSSR count). The molecule has 13 aliphatic rings. The number of aliphatic imine (C=N–C) groups is 4. The van der Waals surface area contributed by atoms with E-state index in [2.05, 4.69) is 51.7 Å². The number of hydrogen-bond acceptors (Lipinski definition) is 21. The van der Waals surface area contributed by atoms with Crippen molar-refractivity contribution in [2.75, 3.05) is 64.1 Å². The molecule has 6 aliphatic carbocycles. The highest BCUT2D eigenvalue weighted by atomic mass is 19.4. The first-order chi connectivity index (χ1) is 61.6. The predicted molar refractivity (Wildman–Crippen MR) is 484 cm³/mol. The number of carbonyl (C=O) groups is 2. The summed E-state index contributed by atoms with van der Waals surface area (Å²) in [6.07, 6.45) is 20.7. The molecule has 29 nitrogen and oxygen atoms in total. The van der Waals surface area contributed by atoms with Crippen LogP contribution in [0.5, 0.6) is 0 Å². The van der Waals surface area contributed by atoms with Gasteiger partial charge in [-0.05, 0) is 206 Å². The van der Waals surface area contributed by atoms with Crippen molar-refractivity contribution in [1.29, 1.82) is 10.8 Å². The zero-order chi connectivity index (χ0) is 88.1. The summed E-state index contributed by atoms with van der Waals surface area (Å²) in [5.41, 5.74) is 18.2. The number of halogens is 3. The van der Waals surface area contributed by atoms with Crippen molar-refractivity contribution in [3.05, 3.63) is 233 Å². The van der Waals surface area contributed by atoms with E-state index in [0.717, 1.165) is 163 Å². The monoisotopic (exact) mass is 1730 g/mol. The number of aromatic nitrogens is 4. The first-order valence-corrected chi connectivity index (χ1v) is 45.5. The summed E-state index contributed by atoms with van der Waals surface area (Å²) in [6.45, 7) is 4.35. The van der Waals surface area contributed by atoms with Gasteiger partial charge in [-0.3, -0.25) is 67.9 Å². The Balaban J connectivity index is 0.000000120. The van der Waals surface area contributed by atoms with Crippen molar-refractivity contribution in [3.8, 4) is 0 Å². The van der Waals surface area contributed by atoms with Crippen molar-refractivity contribution >= 4 is 69.8 Å². The molecule has 127 heavy (non-hydrogen) atoms. The van der Waals surface area contributed by atoms with Gasteiger partial charge in [-0.1, -0.05) is 111 Å². The molecule has 0 radical (unpaired) electrons. The highest BCUT2D eigenvalue weighted by Crippen LogP contribution is 2.42. The third-order valence-electron chi connectivity index (χ3n) is 27.4. The fourth-order valence-electron chi connectivity index (χ4n) is 20.6. The minimum Gasteiger partial charge on any atom is -0.383 e. The first kappa shape index (κ1) is 86.8. The fraction of sp³-hybridized carbons (Fsp3) is 0.474. The Morgan fingerprint density at radius 3 is 1.25 bits per heavy atom. The van der Waals surface area contributed by atoms with Gasteiger partial charge in [0.05, 0.1) is 65.3 Å². The number of likely N-dealkylation sites (N-methyl/N-ethyl adjacent to an activating group) is 2. The average Bonchev–Trinajstić information content (AvgIpc) is 1.60. The minimum absolute atomic E-state index is 0.0931. The van der Waals surface area contributed by atoms with Crippen molar-refractivity contribution in [3.63, 3.8) is 0 Å².